The van der Waals surface area contributed by atoms with Gasteiger partial charge >= 0.3 is 6.03 Å². The molecule has 2 atom stereocenters. The summed E-state index contributed by atoms with van der Waals surface area (Å²) in [5, 5.41) is 5.86. The van der Waals surface area contributed by atoms with E-state index in [0.29, 0.717) is 32.0 Å². The lowest BCUT2D eigenvalue weighted by Gasteiger charge is -2.38. The number of carbonyl (C=O) groups excluding carboxylic acids is 2. The highest BCUT2D eigenvalue weighted by Crippen LogP contribution is 2.29. The molecule has 1 heterocycles. The predicted octanol–water partition coefficient (Wildman–Crippen LogP) is 4.41. The van der Waals surface area contributed by atoms with Gasteiger partial charge in [-0.15, -0.1) is 0 Å². The summed E-state index contributed by atoms with van der Waals surface area (Å²) in [5.74, 6) is 0.268. The van der Waals surface area contributed by atoms with Crippen molar-refractivity contribution in [3.8, 4) is 0 Å². The van der Waals surface area contributed by atoms with Crippen molar-refractivity contribution in [1.82, 2.24) is 10.2 Å². The second-order valence-corrected chi connectivity index (χ2v) is 7.57. The molecule has 3 amide bonds. The van der Waals surface area contributed by atoms with Crippen LogP contribution in [-0.2, 0) is 11.3 Å². The summed E-state index contributed by atoms with van der Waals surface area (Å²) in [5.41, 5.74) is 1.66. The summed E-state index contributed by atoms with van der Waals surface area (Å²) in [7, 11) is 0. The van der Waals surface area contributed by atoms with Crippen LogP contribution >= 0.6 is 0 Å². The first kappa shape index (κ1) is 20.8. The van der Waals surface area contributed by atoms with Crippen LogP contribution in [0.2, 0.25) is 0 Å². The van der Waals surface area contributed by atoms with Crippen molar-refractivity contribution < 1.29 is 14.0 Å². The third-order valence-electron chi connectivity index (χ3n) is 5.58. The van der Waals surface area contributed by atoms with Gasteiger partial charge in [-0.25, -0.2) is 9.18 Å². The Hall–Kier alpha value is -2.89. The number of piperidine rings is 1. The number of rotatable bonds is 6. The first-order valence-corrected chi connectivity index (χ1v) is 10.2. The summed E-state index contributed by atoms with van der Waals surface area (Å²) in [6.45, 7) is 3.80. The molecule has 1 saturated heterocycles. The largest absolute Gasteiger partial charge is 0.352 e. The van der Waals surface area contributed by atoms with E-state index in [4.69, 9.17) is 0 Å². The van der Waals surface area contributed by atoms with Crippen molar-refractivity contribution in [2.24, 2.45) is 11.8 Å². The SMILES string of the molecule is CCC1CN(C(=O)Nc2ccccc2)CCC1CC(=O)NCc1ccc(F)cc1. The number of amides is 3. The number of likely N-dealkylation sites (tertiary alicyclic amines) is 1. The van der Waals surface area contributed by atoms with Gasteiger partial charge in [0.05, 0.1) is 0 Å². The van der Waals surface area contributed by atoms with Crippen LogP contribution < -0.4 is 10.6 Å². The Bertz CT molecular complexity index is 811. The van der Waals surface area contributed by atoms with Gasteiger partial charge in [0, 0.05) is 31.7 Å². The topological polar surface area (TPSA) is 61.4 Å². The number of urea groups is 1. The fourth-order valence-corrected chi connectivity index (χ4v) is 3.83. The first-order chi connectivity index (χ1) is 14.0. The molecular formula is C23H28FN3O2. The lowest BCUT2D eigenvalue weighted by Crippen LogP contribution is -2.46. The fraction of sp³-hybridized carbons (Fsp3) is 0.391. The maximum atomic E-state index is 13.0. The van der Waals surface area contributed by atoms with Crippen molar-refractivity contribution in [3.05, 3.63) is 66.0 Å². The van der Waals surface area contributed by atoms with Gasteiger partial charge in [-0.3, -0.25) is 4.79 Å². The molecule has 154 valence electrons. The molecule has 5 nitrogen and oxygen atoms in total. The molecule has 3 rings (SSSR count). The van der Waals surface area contributed by atoms with Crippen molar-refractivity contribution >= 4 is 17.6 Å². The number of hydrogen-bond acceptors (Lipinski definition) is 2. The van der Waals surface area contributed by atoms with Gasteiger partial charge in [-0.05, 0) is 48.1 Å². The minimum Gasteiger partial charge on any atom is -0.352 e. The predicted molar refractivity (Wildman–Crippen MR) is 112 cm³/mol. The summed E-state index contributed by atoms with van der Waals surface area (Å²) in [6.07, 6.45) is 2.18. The van der Waals surface area contributed by atoms with Gasteiger partial charge in [0.15, 0.2) is 0 Å². The smallest absolute Gasteiger partial charge is 0.321 e. The Morgan fingerprint density at radius 1 is 1.07 bits per heavy atom. The van der Waals surface area contributed by atoms with Crippen LogP contribution in [0.15, 0.2) is 54.6 Å². The molecule has 0 aliphatic carbocycles. The molecule has 1 fully saturated rings. The normalized spacial score (nSPS) is 18.9. The quantitative estimate of drug-likeness (QED) is 0.758. The van der Waals surface area contributed by atoms with Crippen LogP contribution in [0.5, 0.6) is 0 Å². The second-order valence-electron chi connectivity index (χ2n) is 7.57. The number of carbonyl (C=O) groups is 2. The Morgan fingerprint density at radius 2 is 1.79 bits per heavy atom. The van der Waals surface area contributed by atoms with E-state index < -0.39 is 0 Å². The monoisotopic (exact) mass is 397 g/mol. The van der Waals surface area contributed by atoms with Crippen molar-refractivity contribution in [2.45, 2.75) is 32.7 Å². The van der Waals surface area contributed by atoms with Crippen molar-refractivity contribution in [1.29, 1.82) is 0 Å². The molecular weight excluding hydrogens is 369 g/mol. The van der Waals surface area contributed by atoms with Crippen LogP contribution in [0, 0.1) is 17.7 Å². The molecule has 0 aromatic heterocycles. The zero-order valence-corrected chi connectivity index (χ0v) is 16.7. The minimum atomic E-state index is -0.283. The first-order valence-electron chi connectivity index (χ1n) is 10.2. The Labute approximate surface area is 171 Å². The van der Waals surface area contributed by atoms with Crippen LogP contribution in [0.1, 0.15) is 31.7 Å². The summed E-state index contributed by atoms with van der Waals surface area (Å²) in [6, 6.07) is 15.5. The number of halogens is 1. The highest BCUT2D eigenvalue weighted by molar-refractivity contribution is 5.89. The average molecular weight is 397 g/mol. The molecule has 2 aromatic carbocycles. The van der Waals surface area contributed by atoms with E-state index in [0.717, 1.165) is 24.1 Å². The molecule has 6 heteroatoms. The highest BCUT2D eigenvalue weighted by atomic mass is 19.1. The zero-order valence-electron chi connectivity index (χ0n) is 16.7. The van der Waals surface area contributed by atoms with Crippen LogP contribution in [0.4, 0.5) is 14.9 Å². The molecule has 0 spiro atoms. The molecule has 2 unspecified atom stereocenters. The summed E-state index contributed by atoms with van der Waals surface area (Å²) >= 11 is 0. The van der Waals surface area contributed by atoms with E-state index in [1.165, 1.54) is 12.1 Å². The standard InChI is InChI=1S/C23H28FN3O2/c1-2-18-16-27(23(29)26-21-6-4-3-5-7-21)13-12-19(18)14-22(28)25-15-17-8-10-20(24)11-9-17/h3-11,18-19H,2,12-16H2,1H3,(H,25,28)(H,26,29). The Morgan fingerprint density at radius 3 is 2.48 bits per heavy atom. The van der Waals surface area contributed by atoms with E-state index in [1.807, 2.05) is 35.2 Å². The Balaban J connectivity index is 1.48. The number of anilines is 1. The molecule has 1 aliphatic rings. The lowest BCUT2D eigenvalue weighted by atomic mass is 9.81. The van der Waals surface area contributed by atoms with E-state index in [2.05, 4.69) is 17.6 Å². The molecule has 1 aliphatic heterocycles. The maximum absolute atomic E-state index is 13.0. The van der Waals surface area contributed by atoms with E-state index in [1.54, 1.807) is 12.1 Å². The third kappa shape index (κ3) is 6.04. The molecule has 0 saturated carbocycles. The van der Waals surface area contributed by atoms with E-state index >= 15 is 0 Å². The number of hydrogen-bond donors (Lipinski definition) is 2. The second kappa shape index (κ2) is 10.0. The summed E-state index contributed by atoms with van der Waals surface area (Å²) in [4.78, 5) is 26.8. The number of para-hydroxylation sites is 1. The van der Waals surface area contributed by atoms with Gasteiger partial charge in [0.25, 0.3) is 0 Å². The van der Waals surface area contributed by atoms with Gasteiger partial charge in [-0.1, -0.05) is 43.7 Å². The van der Waals surface area contributed by atoms with Crippen LogP contribution in [0.25, 0.3) is 0 Å². The van der Waals surface area contributed by atoms with Gasteiger partial charge in [-0.2, -0.15) is 0 Å². The number of nitrogens with one attached hydrogen (secondary N) is 2. The Kier molecular flexibility index (Phi) is 7.22. The maximum Gasteiger partial charge on any atom is 0.321 e. The molecule has 29 heavy (non-hydrogen) atoms. The van der Waals surface area contributed by atoms with Crippen LogP contribution in [-0.4, -0.2) is 29.9 Å². The number of benzene rings is 2. The zero-order chi connectivity index (χ0) is 20.6. The van der Waals surface area contributed by atoms with Crippen molar-refractivity contribution in [3.63, 3.8) is 0 Å². The van der Waals surface area contributed by atoms with Gasteiger partial charge in [0.2, 0.25) is 5.91 Å². The third-order valence-corrected chi connectivity index (χ3v) is 5.58. The minimum absolute atomic E-state index is 0.0000351. The van der Waals surface area contributed by atoms with Crippen molar-refractivity contribution in [2.75, 3.05) is 18.4 Å². The molecule has 2 aromatic rings. The van der Waals surface area contributed by atoms with Gasteiger partial charge in [0.1, 0.15) is 5.82 Å². The molecule has 0 bridgehead atoms. The van der Waals surface area contributed by atoms with E-state index in [-0.39, 0.29) is 23.7 Å². The van der Waals surface area contributed by atoms with Crippen LogP contribution in [0.3, 0.4) is 0 Å². The number of nitrogens with zero attached hydrogens (tertiary/aromatic N) is 1. The summed E-state index contributed by atoms with van der Waals surface area (Å²) < 4.78 is 13.0. The fourth-order valence-electron chi connectivity index (χ4n) is 3.83. The molecule has 2 N–H and O–H groups in total. The van der Waals surface area contributed by atoms with Gasteiger partial charge < -0.3 is 15.5 Å². The molecule has 0 radical (unpaired) electrons. The lowest BCUT2D eigenvalue weighted by molar-refractivity contribution is -0.123. The van der Waals surface area contributed by atoms with E-state index in [9.17, 15) is 14.0 Å². The average Bonchev–Trinajstić information content (AvgIpc) is 2.74. The highest BCUT2D eigenvalue weighted by Gasteiger charge is 2.31.